The number of carbonyl (C=O) groups is 1. The average molecular weight is 343 g/mol. The lowest BCUT2D eigenvalue weighted by Gasteiger charge is -2.33. The molecule has 6 nitrogen and oxygen atoms in total. The van der Waals surface area contributed by atoms with Crippen molar-refractivity contribution >= 4 is 6.03 Å². The van der Waals surface area contributed by atoms with Crippen molar-refractivity contribution in [1.29, 1.82) is 0 Å². The van der Waals surface area contributed by atoms with E-state index < -0.39 is 5.60 Å². The molecule has 25 heavy (non-hydrogen) atoms. The van der Waals surface area contributed by atoms with E-state index >= 15 is 0 Å². The Labute approximate surface area is 147 Å². The number of carbonyl (C=O) groups excluding carboxylic acids is 1. The highest BCUT2D eigenvalue weighted by Crippen LogP contribution is 2.26. The minimum atomic E-state index is -0.902. The molecule has 6 heteroatoms. The van der Waals surface area contributed by atoms with Gasteiger partial charge in [-0.3, -0.25) is 0 Å². The SMILES string of the molecule is Cc1ccc(-c2nc(CNC(=O)N3CCC[C@H]3C(C)(C)O)co2)cc1. The van der Waals surface area contributed by atoms with Gasteiger partial charge in [-0.15, -0.1) is 0 Å². The third-order valence-corrected chi connectivity index (χ3v) is 4.60. The van der Waals surface area contributed by atoms with Crippen molar-refractivity contribution in [3.05, 3.63) is 41.8 Å². The van der Waals surface area contributed by atoms with Crippen LogP contribution in [0.4, 0.5) is 4.79 Å². The summed E-state index contributed by atoms with van der Waals surface area (Å²) in [6.07, 6.45) is 3.29. The van der Waals surface area contributed by atoms with E-state index in [0.717, 1.165) is 18.4 Å². The largest absolute Gasteiger partial charge is 0.444 e. The minimum Gasteiger partial charge on any atom is -0.444 e. The summed E-state index contributed by atoms with van der Waals surface area (Å²) in [6, 6.07) is 7.59. The van der Waals surface area contributed by atoms with Gasteiger partial charge >= 0.3 is 6.03 Å². The zero-order valence-corrected chi connectivity index (χ0v) is 15.0. The Morgan fingerprint density at radius 1 is 1.40 bits per heavy atom. The van der Waals surface area contributed by atoms with Gasteiger partial charge in [0.1, 0.15) is 6.26 Å². The monoisotopic (exact) mass is 343 g/mol. The Morgan fingerprint density at radius 3 is 2.80 bits per heavy atom. The van der Waals surface area contributed by atoms with Gasteiger partial charge < -0.3 is 19.7 Å². The Morgan fingerprint density at radius 2 is 2.12 bits per heavy atom. The van der Waals surface area contributed by atoms with E-state index in [0.29, 0.717) is 24.7 Å². The molecule has 1 aliphatic rings. The maximum atomic E-state index is 12.4. The molecule has 1 saturated heterocycles. The number of nitrogens with one attached hydrogen (secondary N) is 1. The van der Waals surface area contributed by atoms with Crippen LogP contribution in [0.2, 0.25) is 0 Å². The summed E-state index contributed by atoms with van der Waals surface area (Å²) in [5, 5.41) is 13.1. The van der Waals surface area contributed by atoms with Gasteiger partial charge in [-0.1, -0.05) is 17.7 Å². The number of nitrogens with zero attached hydrogens (tertiary/aromatic N) is 2. The first-order valence-electron chi connectivity index (χ1n) is 8.63. The molecule has 3 rings (SSSR count). The second-order valence-corrected chi connectivity index (χ2v) is 7.17. The van der Waals surface area contributed by atoms with Crippen molar-refractivity contribution in [3.8, 4) is 11.5 Å². The van der Waals surface area contributed by atoms with Crippen LogP contribution in [0.1, 0.15) is 37.9 Å². The third-order valence-electron chi connectivity index (χ3n) is 4.60. The summed E-state index contributed by atoms with van der Waals surface area (Å²) >= 11 is 0. The zero-order valence-electron chi connectivity index (χ0n) is 15.0. The quantitative estimate of drug-likeness (QED) is 0.894. The number of aliphatic hydroxyl groups is 1. The van der Waals surface area contributed by atoms with Gasteiger partial charge in [-0.2, -0.15) is 0 Å². The molecule has 1 aromatic carbocycles. The van der Waals surface area contributed by atoms with Crippen molar-refractivity contribution in [2.45, 2.75) is 51.8 Å². The number of hydrogen-bond donors (Lipinski definition) is 2. The van der Waals surface area contributed by atoms with E-state index in [2.05, 4.69) is 10.3 Å². The molecule has 1 aliphatic heterocycles. The van der Waals surface area contributed by atoms with Gasteiger partial charge in [0.15, 0.2) is 0 Å². The van der Waals surface area contributed by atoms with Crippen molar-refractivity contribution in [2.24, 2.45) is 0 Å². The fraction of sp³-hybridized carbons (Fsp3) is 0.474. The number of aryl methyl sites for hydroxylation is 1. The molecule has 1 aromatic heterocycles. The van der Waals surface area contributed by atoms with Crippen LogP contribution < -0.4 is 5.32 Å². The lowest BCUT2D eigenvalue weighted by Crippen LogP contribution is -2.51. The Balaban J connectivity index is 1.60. The number of benzene rings is 1. The van der Waals surface area contributed by atoms with Crippen molar-refractivity contribution in [3.63, 3.8) is 0 Å². The predicted molar refractivity (Wildman–Crippen MR) is 94.9 cm³/mol. The Bertz CT molecular complexity index is 731. The number of urea groups is 1. The summed E-state index contributed by atoms with van der Waals surface area (Å²) in [6.45, 7) is 6.47. The van der Waals surface area contributed by atoms with E-state index in [4.69, 9.17) is 4.42 Å². The summed E-state index contributed by atoms with van der Waals surface area (Å²) in [7, 11) is 0. The average Bonchev–Trinajstić information content (AvgIpc) is 3.22. The zero-order chi connectivity index (χ0) is 18.0. The minimum absolute atomic E-state index is 0.159. The van der Waals surface area contributed by atoms with Gasteiger partial charge in [-0.05, 0) is 45.7 Å². The molecule has 0 radical (unpaired) electrons. The maximum absolute atomic E-state index is 12.4. The number of aromatic nitrogens is 1. The van der Waals surface area contributed by atoms with Crippen LogP contribution in [0, 0.1) is 6.92 Å². The fourth-order valence-corrected chi connectivity index (χ4v) is 3.23. The molecule has 1 atom stereocenters. The summed E-state index contributed by atoms with van der Waals surface area (Å²) in [4.78, 5) is 18.6. The molecule has 2 aromatic rings. The van der Waals surface area contributed by atoms with Crippen LogP contribution in [-0.4, -0.2) is 39.2 Å². The molecule has 2 amide bonds. The lowest BCUT2D eigenvalue weighted by molar-refractivity contribution is 0.00978. The van der Waals surface area contributed by atoms with Crippen LogP contribution in [0.25, 0.3) is 11.5 Å². The highest BCUT2D eigenvalue weighted by Gasteiger charge is 2.38. The summed E-state index contributed by atoms with van der Waals surface area (Å²) in [5.74, 6) is 0.541. The first-order chi connectivity index (χ1) is 11.8. The van der Waals surface area contributed by atoms with Crippen LogP contribution in [0.5, 0.6) is 0 Å². The topological polar surface area (TPSA) is 78.6 Å². The maximum Gasteiger partial charge on any atom is 0.318 e. The van der Waals surface area contributed by atoms with Crippen molar-refractivity contribution < 1.29 is 14.3 Å². The molecule has 0 saturated carbocycles. The number of rotatable bonds is 4. The van der Waals surface area contributed by atoms with Crippen LogP contribution in [0.15, 0.2) is 34.9 Å². The number of likely N-dealkylation sites (tertiary alicyclic amines) is 1. The van der Waals surface area contributed by atoms with Crippen molar-refractivity contribution in [2.75, 3.05) is 6.54 Å². The van der Waals surface area contributed by atoms with E-state index in [-0.39, 0.29) is 12.1 Å². The van der Waals surface area contributed by atoms with Crippen LogP contribution >= 0.6 is 0 Å². The van der Waals surface area contributed by atoms with E-state index in [1.54, 1.807) is 25.0 Å². The number of oxazole rings is 1. The van der Waals surface area contributed by atoms with E-state index in [9.17, 15) is 9.90 Å². The summed E-state index contributed by atoms with van der Waals surface area (Å²) < 4.78 is 5.51. The first kappa shape index (κ1) is 17.5. The van der Waals surface area contributed by atoms with Gasteiger partial charge in [0, 0.05) is 12.1 Å². The van der Waals surface area contributed by atoms with Gasteiger partial charge in [0.05, 0.1) is 23.9 Å². The first-order valence-corrected chi connectivity index (χ1v) is 8.63. The molecule has 1 fully saturated rings. The molecular weight excluding hydrogens is 318 g/mol. The Kier molecular flexibility index (Phi) is 4.81. The van der Waals surface area contributed by atoms with Gasteiger partial charge in [-0.25, -0.2) is 9.78 Å². The molecule has 134 valence electrons. The Hall–Kier alpha value is -2.34. The smallest absolute Gasteiger partial charge is 0.318 e. The lowest BCUT2D eigenvalue weighted by atomic mass is 9.97. The summed E-state index contributed by atoms with van der Waals surface area (Å²) in [5.41, 5.74) is 1.85. The molecule has 0 aliphatic carbocycles. The second kappa shape index (κ2) is 6.88. The standard InChI is InChI=1S/C19H25N3O3/c1-13-6-8-14(9-7-13)17-21-15(12-25-17)11-20-18(23)22-10-4-5-16(22)19(2,3)24/h6-9,12,16,24H,4-5,10-11H2,1-3H3,(H,20,23)/t16-/m0/s1. The number of hydrogen-bond acceptors (Lipinski definition) is 4. The normalized spacial score (nSPS) is 17.8. The molecule has 0 unspecified atom stereocenters. The van der Waals surface area contributed by atoms with Gasteiger partial charge in [0.25, 0.3) is 0 Å². The highest BCUT2D eigenvalue weighted by atomic mass is 16.3. The third kappa shape index (κ3) is 4.02. The second-order valence-electron chi connectivity index (χ2n) is 7.17. The van der Waals surface area contributed by atoms with Crippen molar-refractivity contribution in [1.82, 2.24) is 15.2 Å². The molecular formula is C19H25N3O3. The highest BCUT2D eigenvalue weighted by molar-refractivity contribution is 5.75. The van der Waals surface area contributed by atoms with Gasteiger partial charge in [0.2, 0.25) is 5.89 Å². The molecule has 2 N–H and O–H groups in total. The molecule has 0 spiro atoms. The molecule has 2 heterocycles. The fourth-order valence-electron chi connectivity index (χ4n) is 3.23. The van der Waals surface area contributed by atoms with E-state index in [1.165, 1.54) is 5.56 Å². The van der Waals surface area contributed by atoms with E-state index in [1.807, 2.05) is 31.2 Å². The van der Waals surface area contributed by atoms with Crippen LogP contribution in [-0.2, 0) is 6.54 Å². The number of amides is 2. The predicted octanol–water partition coefficient (Wildman–Crippen LogP) is 3.09. The van der Waals surface area contributed by atoms with Crippen LogP contribution in [0.3, 0.4) is 0 Å². The molecule has 0 bridgehead atoms.